The topological polar surface area (TPSA) is 103 Å². The first-order valence-electron chi connectivity index (χ1n) is 9.11. The molecule has 4 aromatic rings. The number of amides is 1. The van der Waals surface area contributed by atoms with Gasteiger partial charge in [0, 0.05) is 12.1 Å². The molecule has 30 heavy (non-hydrogen) atoms. The van der Waals surface area contributed by atoms with Crippen molar-refractivity contribution in [2.24, 2.45) is 0 Å². The quantitative estimate of drug-likeness (QED) is 0.523. The molecule has 10 heteroatoms. The molecule has 2 aromatic heterocycles. The first-order valence-corrected chi connectivity index (χ1v) is 11.6. The summed E-state index contributed by atoms with van der Waals surface area (Å²) in [5.41, 5.74) is 1.97. The van der Waals surface area contributed by atoms with E-state index in [1.807, 2.05) is 30.3 Å². The average Bonchev–Trinajstić information content (AvgIpc) is 3.40. The van der Waals surface area contributed by atoms with E-state index < -0.39 is 15.7 Å². The van der Waals surface area contributed by atoms with Crippen LogP contribution in [-0.2, 0) is 16.4 Å². The number of benzene rings is 2. The van der Waals surface area contributed by atoms with E-state index in [2.05, 4.69) is 15.3 Å². The summed E-state index contributed by atoms with van der Waals surface area (Å²) in [6.07, 6.45) is 0. The predicted molar refractivity (Wildman–Crippen MR) is 114 cm³/mol. The van der Waals surface area contributed by atoms with Crippen LogP contribution in [-0.4, -0.2) is 41.7 Å². The number of fused-ring (bicyclic) bond motifs is 2. The maximum absolute atomic E-state index is 13.2. The largest absolute Gasteiger partial charge is 0.497 e. The number of methoxy groups -OCH3 is 1. The summed E-state index contributed by atoms with van der Waals surface area (Å²) in [5.74, 6) is 0.191. The number of ether oxygens (including phenoxy) is 1. The Balaban J connectivity index is 1.57. The molecule has 0 saturated carbocycles. The van der Waals surface area contributed by atoms with Crippen molar-refractivity contribution >= 4 is 42.4 Å². The zero-order chi connectivity index (χ0) is 20.9. The molecule has 1 amide bonds. The van der Waals surface area contributed by atoms with Crippen molar-refractivity contribution in [1.29, 1.82) is 0 Å². The van der Waals surface area contributed by atoms with Crippen LogP contribution in [0.25, 0.3) is 21.5 Å². The molecule has 0 spiro atoms. The molecule has 0 atom stereocenters. The van der Waals surface area contributed by atoms with Crippen LogP contribution >= 0.6 is 11.3 Å². The minimum Gasteiger partial charge on any atom is -0.497 e. The Kier molecular flexibility index (Phi) is 4.33. The van der Waals surface area contributed by atoms with E-state index in [0.29, 0.717) is 22.1 Å². The maximum atomic E-state index is 13.2. The van der Waals surface area contributed by atoms with Gasteiger partial charge in [0.25, 0.3) is 5.91 Å². The lowest BCUT2D eigenvalue weighted by molar-refractivity contribution is 0.101. The third kappa shape index (κ3) is 3.04. The van der Waals surface area contributed by atoms with Crippen molar-refractivity contribution in [3.05, 3.63) is 54.2 Å². The van der Waals surface area contributed by atoms with Crippen molar-refractivity contribution in [2.45, 2.75) is 11.7 Å². The molecular weight excluding hydrogens is 424 g/mol. The van der Waals surface area contributed by atoms with E-state index in [-0.39, 0.29) is 23.1 Å². The monoisotopic (exact) mass is 440 g/mol. The summed E-state index contributed by atoms with van der Waals surface area (Å²) in [6.45, 7) is 0.192. The molecule has 8 nitrogen and oxygen atoms in total. The number of hydrogen-bond donors (Lipinski definition) is 1. The second-order valence-corrected chi connectivity index (χ2v) is 9.77. The van der Waals surface area contributed by atoms with Gasteiger partial charge in [-0.1, -0.05) is 41.7 Å². The minimum absolute atomic E-state index is 0.0639. The Morgan fingerprint density at radius 3 is 2.73 bits per heavy atom. The van der Waals surface area contributed by atoms with Crippen LogP contribution in [0.3, 0.4) is 0 Å². The molecule has 0 fully saturated rings. The lowest BCUT2D eigenvalue weighted by Gasteiger charge is -2.07. The minimum atomic E-state index is -3.50. The van der Waals surface area contributed by atoms with E-state index in [1.165, 1.54) is 15.9 Å². The fourth-order valence-electron chi connectivity index (χ4n) is 3.45. The Morgan fingerprint density at radius 2 is 1.97 bits per heavy atom. The molecule has 3 heterocycles. The summed E-state index contributed by atoms with van der Waals surface area (Å²) in [4.78, 5) is 22.0. The lowest BCUT2D eigenvalue weighted by Crippen LogP contribution is -2.17. The van der Waals surface area contributed by atoms with Gasteiger partial charge in [-0.3, -0.25) is 10.1 Å². The van der Waals surface area contributed by atoms with E-state index >= 15 is 0 Å². The van der Waals surface area contributed by atoms with Crippen molar-refractivity contribution in [1.82, 2.24) is 14.5 Å². The van der Waals surface area contributed by atoms with Crippen molar-refractivity contribution in [3.63, 3.8) is 0 Å². The molecule has 0 saturated heterocycles. The number of nitrogens with zero attached hydrogens (tertiary/aromatic N) is 3. The number of nitrogens with one attached hydrogen (secondary N) is 1. The Morgan fingerprint density at radius 1 is 1.17 bits per heavy atom. The normalized spacial score (nSPS) is 14.6. The number of sulfone groups is 1. The van der Waals surface area contributed by atoms with Crippen LogP contribution < -0.4 is 10.1 Å². The molecule has 0 radical (unpaired) electrons. The van der Waals surface area contributed by atoms with Crippen LogP contribution in [0.2, 0.25) is 0 Å². The van der Waals surface area contributed by atoms with Crippen LogP contribution in [0.1, 0.15) is 10.5 Å². The molecular formula is C20H16N4O4S2. The number of anilines is 1. The molecule has 0 unspecified atom stereocenters. The second kappa shape index (κ2) is 6.92. The fourth-order valence-corrected chi connectivity index (χ4v) is 5.69. The standard InChI is InChI=1S/C20H16N4O4S2/c1-28-13-7-8-14-15(11-13)29-19(21-14)23-18(25)17-16(12-5-3-2-4-6-12)22-20-24(17)9-10-30(20,26)27/h2-8,11H,9-10H2,1H3,(H,21,23,25). The van der Waals surface area contributed by atoms with Crippen LogP contribution in [0.4, 0.5) is 5.13 Å². The zero-order valence-electron chi connectivity index (χ0n) is 15.8. The van der Waals surface area contributed by atoms with E-state index in [9.17, 15) is 13.2 Å². The first kappa shape index (κ1) is 18.8. The third-order valence-corrected chi connectivity index (χ3v) is 7.39. The Hall–Kier alpha value is -3.24. The van der Waals surface area contributed by atoms with Crippen molar-refractivity contribution < 1.29 is 17.9 Å². The van der Waals surface area contributed by atoms with Gasteiger partial charge in [-0.25, -0.2) is 18.4 Å². The van der Waals surface area contributed by atoms with E-state index in [4.69, 9.17) is 4.74 Å². The number of hydrogen-bond acceptors (Lipinski definition) is 7. The maximum Gasteiger partial charge on any atom is 0.276 e. The van der Waals surface area contributed by atoms with Crippen LogP contribution in [0.5, 0.6) is 5.75 Å². The summed E-state index contributed by atoms with van der Waals surface area (Å²) < 4.78 is 32.3. The molecule has 0 aliphatic carbocycles. The number of carbonyl (C=O) groups is 1. The van der Waals surface area contributed by atoms with E-state index in [0.717, 1.165) is 10.2 Å². The molecule has 1 aliphatic heterocycles. The highest BCUT2D eigenvalue weighted by Crippen LogP contribution is 2.33. The predicted octanol–water partition coefficient (Wildman–Crippen LogP) is 3.21. The first-order chi connectivity index (χ1) is 14.5. The smallest absolute Gasteiger partial charge is 0.276 e. The molecule has 2 aromatic carbocycles. The molecule has 152 valence electrons. The summed E-state index contributed by atoms with van der Waals surface area (Å²) in [6, 6.07) is 14.5. The highest BCUT2D eigenvalue weighted by Gasteiger charge is 2.35. The number of aromatic nitrogens is 3. The Bertz CT molecular complexity index is 1390. The molecule has 1 aliphatic rings. The van der Waals surface area contributed by atoms with Crippen molar-refractivity contribution in [2.75, 3.05) is 18.2 Å². The van der Waals surface area contributed by atoms with Gasteiger partial charge >= 0.3 is 0 Å². The van der Waals surface area contributed by atoms with Crippen molar-refractivity contribution in [3.8, 4) is 17.0 Å². The average molecular weight is 441 g/mol. The summed E-state index contributed by atoms with van der Waals surface area (Å²) in [7, 11) is -1.92. The van der Waals surface area contributed by atoms with Gasteiger partial charge in [0.15, 0.2) is 5.13 Å². The van der Waals surface area contributed by atoms with Gasteiger partial charge in [0.2, 0.25) is 15.0 Å². The number of rotatable bonds is 4. The van der Waals surface area contributed by atoms with Gasteiger partial charge < -0.3 is 9.30 Å². The third-order valence-electron chi connectivity index (χ3n) is 4.87. The SMILES string of the molecule is COc1ccc2nc(NC(=O)c3c(-c4ccccc4)nc4n3CCS4(=O)=O)sc2c1. The number of carbonyl (C=O) groups excluding carboxylic acids is 1. The number of imidazole rings is 1. The van der Waals surface area contributed by atoms with Gasteiger partial charge in [-0.15, -0.1) is 0 Å². The second-order valence-electron chi connectivity index (χ2n) is 6.73. The van der Waals surface area contributed by atoms with Gasteiger partial charge in [-0.2, -0.15) is 0 Å². The zero-order valence-corrected chi connectivity index (χ0v) is 17.5. The van der Waals surface area contributed by atoms with Crippen LogP contribution in [0.15, 0.2) is 53.7 Å². The lowest BCUT2D eigenvalue weighted by atomic mass is 10.1. The Labute approximate surface area is 176 Å². The highest BCUT2D eigenvalue weighted by atomic mass is 32.2. The molecule has 0 bridgehead atoms. The fraction of sp³-hybridized carbons (Fsp3) is 0.150. The van der Waals surface area contributed by atoms with Gasteiger partial charge in [0.05, 0.1) is 23.1 Å². The van der Waals surface area contributed by atoms with Gasteiger partial charge in [-0.05, 0) is 18.2 Å². The van der Waals surface area contributed by atoms with Gasteiger partial charge in [0.1, 0.15) is 17.1 Å². The highest BCUT2D eigenvalue weighted by molar-refractivity contribution is 7.91. The van der Waals surface area contributed by atoms with Crippen LogP contribution in [0, 0.1) is 0 Å². The molecule has 5 rings (SSSR count). The molecule has 1 N–H and O–H groups in total. The summed E-state index contributed by atoms with van der Waals surface area (Å²) >= 11 is 1.32. The number of thiazole rings is 1. The van der Waals surface area contributed by atoms with E-state index in [1.54, 1.807) is 25.3 Å². The summed E-state index contributed by atoms with van der Waals surface area (Å²) in [5, 5.41) is 3.16.